The van der Waals surface area contributed by atoms with Crippen molar-refractivity contribution in [2.45, 2.75) is 6.42 Å². The van der Waals surface area contributed by atoms with Gasteiger partial charge in [-0.1, -0.05) is 30.3 Å². The van der Waals surface area contributed by atoms with E-state index in [0.717, 1.165) is 5.56 Å². The van der Waals surface area contributed by atoms with Crippen LogP contribution in [0.25, 0.3) is 11.1 Å². The summed E-state index contributed by atoms with van der Waals surface area (Å²) in [5, 5.41) is 18.4. The van der Waals surface area contributed by atoms with Crippen molar-refractivity contribution in [1.29, 1.82) is 0 Å². The van der Waals surface area contributed by atoms with Gasteiger partial charge in [0.15, 0.2) is 0 Å². The standard InChI is InChI=1S/C17H14O4/c1-2-5-11-6-3-4-7-13(11)15-10-12(16(18)19)8-9-14(15)17(20)21/h2-4,6-10H,1,5H2,(H,18,19)(H,20,21). The average molecular weight is 282 g/mol. The lowest BCUT2D eigenvalue weighted by Gasteiger charge is -2.12. The van der Waals surface area contributed by atoms with E-state index >= 15 is 0 Å². The van der Waals surface area contributed by atoms with Gasteiger partial charge in [0, 0.05) is 0 Å². The van der Waals surface area contributed by atoms with Gasteiger partial charge in [-0.3, -0.25) is 0 Å². The van der Waals surface area contributed by atoms with Crippen molar-refractivity contribution < 1.29 is 19.8 Å². The molecular formula is C17H14O4. The van der Waals surface area contributed by atoms with Crippen LogP contribution in [0.2, 0.25) is 0 Å². The van der Waals surface area contributed by atoms with Gasteiger partial charge in [-0.25, -0.2) is 9.59 Å². The van der Waals surface area contributed by atoms with Crippen molar-refractivity contribution in [3.8, 4) is 11.1 Å². The van der Waals surface area contributed by atoms with Gasteiger partial charge in [0.2, 0.25) is 0 Å². The molecule has 0 fully saturated rings. The van der Waals surface area contributed by atoms with Crippen LogP contribution in [0.1, 0.15) is 26.3 Å². The molecular weight excluding hydrogens is 268 g/mol. The molecule has 4 heteroatoms. The van der Waals surface area contributed by atoms with Crippen LogP contribution in [0.4, 0.5) is 0 Å². The van der Waals surface area contributed by atoms with Crippen molar-refractivity contribution in [2.75, 3.05) is 0 Å². The molecule has 2 N–H and O–H groups in total. The zero-order chi connectivity index (χ0) is 15.4. The molecule has 0 amide bonds. The highest BCUT2D eigenvalue weighted by molar-refractivity contribution is 5.99. The Hall–Kier alpha value is -2.88. The van der Waals surface area contributed by atoms with Gasteiger partial charge in [-0.2, -0.15) is 0 Å². The first kappa shape index (κ1) is 14.5. The van der Waals surface area contributed by atoms with Crippen LogP contribution in [-0.4, -0.2) is 22.2 Å². The Bertz CT molecular complexity index is 716. The highest BCUT2D eigenvalue weighted by Gasteiger charge is 2.16. The number of allylic oxidation sites excluding steroid dienone is 1. The van der Waals surface area contributed by atoms with Crippen LogP contribution in [0.3, 0.4) is 0 Å². The van der Waals surface area contributed by atoms with Crippen LogP contribution in [-0.2, 0) is 6.42 Å². The van der Waals surface area contributed by atoms with E-state index in [1.165, 1.54) is 18.2 Å². The van der Waals surface area contributed by atoms with E-state index in [2.05, 4.69) is 6.58 Å². The number of rotatable bonds is 5. The van der Waals surface area contributed by atoms with Gasteiger partial charge in [-0.05, 0) is 41.3 Å². The van der Waals surface area contributed by atoms with Crippen LogP contribution < -0.4 is 0 Å². The summed E-state index contributed by atoms with van der Waals surface area (Å²) < 4.78 is 0. The normalized spacial score (nSPS) is 10.1. The summed E-state index contributed by atoms with van der Waals surface area (Å²) in [6.07, 6.45) is 2.30. The maximum Gasteiger partial charge on any atom is 0.336 e. The summed E-state index contributed by atoms with van der Waals surface area (Å²) >= 11 is 0. The van der Waals surface area contributed by atoms with Gasteiger partial charge >= 0.3 is 11.9 Å². The third-order valence-electron chi connectivity index (χ3n) is 3.17. The largest absolute Gasteiger partial charge is 0.478 e. The molecule has 21 heavy (non-hydrogen) atoms. The second-order valence-corrected chi connectivity index (χ2v) is 4.52. The van der Waals surface area contributed by atoms with Crippen molar-refractivity contribution in [1.82, 2.24) is 0 Å². The molecule has 0 heterocycles. The van der Waals surface area contributed by atoms with Crippen LogP contribution in [0.5, 0.6) is 0 Å². The topological polar surface area (TPSA) is 74.6 Å². The Morgan fingerprint density at radius 2 is 1.71 bits per heavy atom. The first-order valence-corrected chi connectivity index (χ1v) is 6.34. The number of carboxylic acid groups (broad SMARTS) is 2. The molecule has 4 nitrogen and oxygen atoms in total. The number of hydrogen-bond acceptors (Lipinski definition) is 2. The molecule has 0 aliphatic carbocycles. The maximum absolute atomic E-state index is 11.4. The molecule has 2 aromatic rings. The summed E-state index contributed by atoms with van der Waals surface area (Å²) in [7, 11) is 0. The molecule has 0 saturated heterocycles. The molecule has 2 rings (SSSR count). The Morgan fingerprint density at radius 1 is 1.00 bits per heavy atom. The van der Waals surface area contributed by atoms with E-state index in [9.17, 15) is 14.7 Å². The SMILES string of the molecule is C=CCc1ccccc1-c1cc(C(=O)O)ccc1C(=O)O. The first-order valence-electron chi connectivity index (χ1n) is 6.34. The Labute approximate surface area is 122 Å². The van der Waals surface area contributed by atoms with E-state index in [4.69, 9.17) is 5.11 Å². The van der Waals surface area contributed by atoms with Gasteiger partial charge in [-0.15, -0.1) is 6.58 Å². The van der Waals surface area contributed by atoms with Gasteiger partial charge in [0.25, 0.3) is 0 Å². The number of carbonyl (C=O) groups is 2. The van der Waals surface area contributed by atoms with Crippen molar-refractivity contribution in [3.05, 3.63) is 71.8 Å². The lowest BCUT2D eigenvalue weighted by molar-refractivity contribution is 0.0682. The maximum atomic E-state index is 11.4. The third kappa shape index (κ3) is 3.00. The van der Waals surface area contributed by atoms with Gasteiger partial charge < -0.3 is 10.2 Å². The predicted molar refractivity (Wildman–Crippen MR) is 79.7 cm³/mol. The lowest BCUT2D eigenvalue weighted by Crippen LogP contribution is -2.04. The van der Waals surface area contributed by atoms with E-state index in [0.29, 0.717) is 17.5 Å². The molecule has 0 spiro atoms. The molecule has 0 unspecified atom stereocenters. The van der Waals surface area contributed by atoms with Crippen LogP contribution in [0.15, 0.2) is 55.1 Å². The lowest BCUT2D eigenvalue weighted by atomic mass is 9.92. The number of hydrogen-bond donors (Lipinski definition) is 2. The fourth-order valence-corrected chi connectivity index (χ4v) is 2.20. The molecule has 0 atom stereocenters. The molecule has 0 saturated carbocycles. The minimum absolute atomic E-state index is 0.0587. The fraction of sp³-hybridized carbons (Fsp3) is 0.0588. The molecule has 2 aromatic carbocycles. The highest BCUT2D eigenvalue weighted by Crippen LogP contribution is 2.29. The second kappa shape index (κ2) is 6.05. The molecule has 106 valence electrons. The van der Waals surface area contributed by atoms with Gasteiger partial charge in [0.05, 0.1) is 11.1 Å². The molecule has 0 bridgehead atoms. The smallest absolute Gasteiger partial charge is 0.336 e. The second-order valence-electron chi connectivity index (χ2n) is 4.52. The Kier molecular flexibility index (Phi) is 4.18. The summed E-state index contributed by atoms with van der Waals surface area (Å²) in [6, 6.07) is 11.3. The summed E-state index contributed by atoms with van der Waals surface area (Å²) in [4.78, 5) is 22.5. The van der Waals surface area contributed by atoms with E-state index < -0.39 is 11.9 Å². The number of benzene rings is 2. The summed E-state index contributed by atoms with van der Waals surface area (Å²) in [5.41, 5.74) is 2.15. The molecule has 0 radical (unpaired) electrons. The van der Waals surface area contributed by atoms with Gasteiger partial charge in [0.1, 0.15) is 0 Å². The van der Waals surface area contributed by atoms with E-state index in [1.54, 1.807) is 18.2 Å². The van der Waals surface area contributed by atoms with E-state index in [1.807, 2.05) is 12.1 Å². The monoisotopic (exact) mass is 282 g/mol. The summed E-state index contributed by atoms with van der Waals surface area (Å²) in [5.74, 6) is -2.18. The minimum Gasteiger partial charge on any atom is -0.478 e. The van der Waals surface area contributed by atoms with E-state index in [-0.39, 0.29) is 11.1 Å². The fourth-order valence-electron chi connectivity index (χ4n) is 2.20. The third-order valence-corrected chi connectivity index (χ3v) is 3.17. The zero-order valence-corrected chi connectivity index (χ0v) is 11.2. The highest BCUT2D eigenvalue weighted by atomic mass is 16.4. The van der Waals surface area contributed by atoms with Crippen molar-refractivity contribution in [2.24, 2.45) is 0 Å². The first-order chi connectivity index (χ1) is 10.0. The van der Waals surface area contributed by atoms with Crippen molar-refractivity contribution in [3.63, 3.8) is 0 Å². The predicted octanol–water partition coefficient (Wildman–Crippen LogP) is 3.48. The average Bonchev–Trinajstić information content (AvgIpc) is 2.47. The quantitative estimate of drug-likeness (QED) is 0.823. The summed E-state index contributed by atoms with van der Waals surface area (Å²) in [6.45, 7) is 3.68. The molecule has 0 aliphatic heterocycles. The van der Waals surface area contributed by atoms with Crippen LogP contribution >= 0.6 is 0 Å². The van der Waals surface area contributed by atoms with Crippen molar-refractivity contribution >= 4 is 11.9 Å². The number of aromatic carboxylic acids is 2. The van der Waals surface area contributed by atoms with Crippen LogP contribution in [0, 0.1) is 0 Å². The molecule has 0 aliphatic rings. The minimum atomic E-state index is -1.09. The zero-order valence-electron chi connectivity index (χ0n) is 11.2. The Balaban J connectivity index is 2.71. The Morgan fingerprint density at radius 3 is 2.33 bits per heavy atom. The molecule has 0 aromatic heterocycles. The number of carboxylic acids is 2.